The first-order chi connectivity index (χ1) is 17.2. The largest absolute Gasteiger partial charge is 0.375 e. The second-order valence-electron chi connectivity index (χ2n) is 9.08. The molecule has 1 aromatic carbocycles. The van der Waals surface area contributed by atoms with E-state index in [-0.39, 0.29) is 17.2 Å². The van der Waals surface area contributed by atoms with Crippen molar-refractivity contribution in [1.29, 1.82) is 0 Å². The van der Waals surface area contributed by atoms with Crippen LogP contribution in [0.5, 0.6) is 0 Å². The van der Waals surface area contributed by atoms with Gasteiger partial charge in [-0.05, 0) is 45.0 Å². The van der Waals surface area contributed by atoms with Gasteiger partial charge in [-0.15, -0.1) is 0 Å². The van der Waals surface area contributed by atoms with Gasteiger partial charge >= 0.3 is 0 Å². The molecule has 9 heteroatoms. The molecular formula is C27H27ClN6O2. The Bertz CT molecular complexity index is 1770. The van der Waals surface area contributed by atoms with Gasteiger partial charge in [0.1, 0.15) is 10.8 Å². The number of fused-ring (bicyclic) bond motifs is 3. The molecule has 4 heterocycles. The first kappa shape index (κ1) is 23.8. The maximum atomic E-state index is 13.2. The molecule has 0 fully saturated rings. The molecule has 0 saturated heterocycles. The minimum absolute atomic E-state index is 0.0400. The molecule has 8 nitrogen and oxygen atoms in total. The summed E-state index contributed by atoms with van der Waals surface area (Å²) >= 11 is 6.25. The van der Waals surface area contributed by atoms with Crippen molar-refractivity contribution in [3.63, 3.8) is 0 Å². The lowest BCUT2D eigenvalue weighted by Gasteiger charge is -2.18. The minimum atomic E-state index is -0.225. The van der Waals surface area contributed by atoms with Gasteiger partial charge in [-0.2, -0.15) is 5.10 Å². The smallest absolute Gasteiger partial charge is 0.259 e. The molecule has 0 saturated carbocycles. The first-order valence-corrected chi connectivity index (χ1v) is 12.2. The van der Waals surface area contributed by atoms with E-state index >= 15 is 0 Å². The highest BCUT2D eigenvalue weighted by molar-refractivity contribution is 6.29. The topological polar surface area (TPSA) is 86.7 Å². The van der Waals surface area contributed by atoms with Gasteiger partial charge in [-0.25, -0.2) is 9.67 Å². The lowest BCUT2D eigenvalue weighted by atomic mass is 10.0. The van der Waals surface area contributed by atoms with Gasteiger partial charge in [-0.1, -0.05) is 29.3 Å². The predicted molar refractivity (Wildman–Crippen MR) is 145 cm³/mol. The van der Waals surface area contributed by atoms with Gasteiger partial charge in [-0.3, -0.25) is 14.2 Å². The van der Waals surface area contributed by atoms with Crippen LogP contribution in [0, 0.1) is 6.92 Å². The Kier molecular flexibility index (Phi) is 5.92. The van der Waals surface area contributed by atoms with E-state index in [2.05, 4.69) is 10.3 Å². The molecule has 1 atom stereocenters. The van der Waals surface area contributed by atoms with E-state index < -0.39 is 0 Å². The van der Waals surface area contributed by atoms with Crippen molar-refractivity contribution in [3.8, 4) is 11.3 Å². The number of hydrogen-bond donors (Lipinski definition) is 1. The second kappa shape index (κ2) is 8.95. The van der Waals surface area contributed by atoms with Crippen molar-refractivity contribution in [3.05, 3.63) is 85.8 Å². The number of pyridine rings is 3. The van der Waals surface area contributed by atoms with Crippen molar-refractivity contribution in [1.82, 2.24) is 23.9 Å². The van der Waals surface area contributed by atoms with E-state index in [1.54, 1.807) is 37.0 Å². The number of benzene rings is 1. The van der Waals surface area contributed by atoms with Crippen LogP contribution in [0.25, 0.3) is 33.1 Å². The Labute approximate surface area is 212 Å². The number of halogens is 1. The molecule has 5 rings (SSSR count). The molecule has 0 bridgehead atoms. The molecule has 0 aliphatic carbocycles. The van der Waals surface area contributed by atoms with Crippen LogP contribution in [0.3, 0.4) is 0 Å². The van der Waals surface area contributed by atoms with Crippen LogP contribution in [0.15, 0.2) is 58.3 Å². The maximum Gasteiger partial charge on any atom is 0.259 e. The molecule has 0 spiro atoms. The summed E-state index contributed by atoms with van der Waals surface area (Å²) in [4.78, 5) is 29.6. The number of anilines is 1. The Morgan fingerprint density at radius 2 is 1.83 bits per heavy atom. The van der Waals surface area contributed by atoms with Crippen LogP contribution in [0.1, 0.15) is 31.1 Å². The molecule has 0 radical (unpaired) electrons. The SMILES string of the molecule is CCn1nc(C(C)Nc2ccc(Cl)nc2-c2ccc(=O)n(C)c2)c2c3ccc(C)cc3c(=O)n(C)c21. The average molecular weight is 503 g/mol. The monoisotopic (exact) mass is 502 g/mol. The zero-order chi connectivity index (χ0) is 25.7. The summed E-state index contributed by atoms with van der Waals surface area (Å²) in [6.07, 6.45) is 1.74. The number of aryl methyl sites for hydroxylation is 4. The summed E-state index contributed by atoms with van der Waals surface area (Å²) in [6, 6.07) is 12.6. The molecule has 1 N–H and O–H groups in total. The van der Waals surface area contributed by atoms with Gasteiger partial charge in [0.05, 0.1) is 28.5 Å². The molecule has 0 aliphatic heterocycles. The Hall–Kier alpha value is -3.91. The van der Waals surface area contributed by atoms with Crippen molar-refractivity contribution in [2.75, 3.05) is 5.32 Å². The molecule has 184 valence electrons. The van der Waals surface area contributed by atoms with E-state index in [1.807, 2.05) is 49.7 Å². The Morgan fingerprint density at radius 3 is 2.56 bits per heavy atom. The van der Waals surface area contributed by atoms with Crippen molar-refractivity contribution in [2.45, 2.75) is 33.4 Å². The van der Waals surface area contributed by atoms with Crippen LogP contribution < -0.4 is 16.4 Å². The van der Waals surface area contributed by atoms with Crippen molar-refractivity contribution < 1.29 is 0 Å². The predicted octanol–water partition coefficient (Wildman–Crippen LogP) is 4.80. The third kappa shape index (κ3) is 3.87. The highest BCUT2D eigenvalue weighted by Crippen LogP contribution is 2.34. The number of nitrogens with zero attached hydrogens (tertiary/aromatic N) is 5. The van der Waals surface area contributed by atoms with E-state index in [0.29, 0.717) is 22.8 Å². The summed E-state index contributed by atoms with van der Waals surface area (Å²) in [6.45, 7) is 6.66. The minimum Gasteiger partial charge on any atom is -0.375 e. The normalized spacial score (nSPS) is 12.4. The van der Waals surface area contributed by atoms with E-state index in [1.165, 1.54) is 10.6 Å². The van der Waals surface area contributed by atoms with Crippen LogP contribution in [-0.2, 0) is 20.6 Å². The molecule has 36 heavy (non-hydrogen) atoms. The van der Waals surface area contributed by atoms with Gasteiger partial charge in [0.2, 0.25) is 5.56 Å². The fourth-order valence-corrected chi connectivity index (χ4v) is 4.88. The zero-order valence-corrected chi connectivity index (χ0v) is 21.6. The van der Waals surface area contributed by atoms with Gasteiger partial charge < -0.3 is 9.88 Å². The Morgan fingerprint density at radius 1 is 1.06 bits per heavy atom. The molecule has 4 aromatic heterocycles. The summed E-state index contributed by atoms with van der Waals surface area (Å²) in [5.41, 5.74) is 4.67. The van der Waals surface area contributed by atoms with Crippen LogP contribution in [0.4, 0.5) is 5.69 Å². The van der Waals surface area contributed by atoms with Crippen LogP contribution >= 0.6 is 11.6 Å². The lowest BCUT2D eigenvalue weighted by molar-refractivity contribution is 0.638. The molecule has 1 unspecified atom stereocenters. The summed E-state index contributed by atoms with van der Waals surface area (Å²) < 4.78 is 5.07. The van der Waals surface area contributed by atoms with Crippen LogP contribution in [0.2, 0.25) is 5.15 Å². The van der Waals surface area contributed by atoms with Crippen molar-refractivity contribution in [2.24, 2.45) is 14.1 Å². The van der Waals surface area contributed by atoms with Crippen LogP contribution in [-0.4, -0.2) is 23.9 Å². The average Bonchev–Trinajstić information content (AvgIpc) is 3.25. The summed E-state index contributed by atoms with van der Waals surface area (Å²) in [5, 5.41) is 11.3. The maximum absolute atomic E-state index is 13.2. The zero-order valence-electron chi connectivity index (χ0n) is 20.8. The summed E-state index contributed by atoms with van der Waals surface area (Å²) in [7, 11) is 3.50. The van der Waals surface area contributed by atoms with Gasteiger partial charge in [0.15, 0.2) is 0 Å². The number of rotatable bonds is 5. The number of nitrogens with one attached hydrogen (secondary N) is 1. The van der Waals surface area contributed by atoms with E-state index in [9.17, 15) is 9.59 Å². The third-order valence-electron chi connectivity index (χ3n) is 6.55. The van der Waals surface area contributed by atoms with E-state index in [4.69, 9.17) is 16.7 Å². The van der Waals surface area contributed by atoms with E-state index in [0.717, 1.165) is 38.9 Å². The number of hydrogen-bond acceptors (Lipinski definition) is 5. The Balaban J connectivity index is 1.69. The molecule has 5 aromatic rings. The van der Waals surface area contributed by atoms with Gasteiger partial charge in [0, 0.05) is 49.2 Å². The fraction of sp³-hybridized carbons (Fsp3) is 0.259. The number of aromatic nitrogens is 5. The second-order valence-corrected chi connectivity index (χ2v) is 9.46. The molecular weight excluding hydrogens is 476 g/mol. The third-order valence-corrected chi connectivity index (χ3v) is 6.76. The summed E-state index contributed by atoms with van der Waals surface area (Å²) in [5.74, 6) is 0. The highest BCUT2D eigenvalue weighted by atomic mass is 35.5. The standard InChI is InChI=1S/C27H27ClN6O2/c1-6-34-26-23(18-9-7-15(2)13-19(18)27(36)33(26)5)24(31-34)16(3)29-20-10-11-21(28)30-25(20)17-8-12-22(35)32(4)14-17/h7-14,16,29H,6H2,1-5H3. The first-order valence-electron chi connectivity index (χ1n) is 11.8. The molecule has 0 amide bonds. The molecule has 0 aliphatic rings. The fourth-order valence-electron chi connectivity index (χ4n) is 4.73. The quantitative estimate of drug-likeness (QED) is 0.349. The highest BCUT2D eigenvalue weighted by Gasteiger charge is 2.23. The van der Waals surface area contributed by atoms with Gasteiger partial charge in [0.25, 0.3) is 5.56 Å². The lowest BCUT2D eigenvalue weighted by Crippen LogP contribution is -2.19. The van der Waals surface area contributed by atoms with Crippen molar-refractivity contribution >= 4 is 39.1 Å².